The first kappa shape index (κ1) is 12.9. The number of thioether (sulfide) groups is 1. The molecule has 90 valence electrons. The largest absolute Gasteiger partial charge is 0.393 e. The Morgan fingerprint density at radius 3 is 3.00 bits per heavy atom. The van der Waals surface area contributed by atoms with Gasteiger partial charge in [0, 0.05) is 18.5 Å². The van der Waals surface area contributed by atoms with Gasteiger partial charge in [0.05, 0.1) is 6.61 Å². The number of aliphatic hydroxyl groups is 2. The molecule has 1 atom stereocenters. The molecule has 0 aliphatic rings. The van der Waals surface area contributed by atoms with Crippen LogP contribution in [0.25, 0.3) is 0 Å². The highest BCUT2D eigenvalue weighted by Gasteiger charge is 2.06. The molecule has 0 saturated heterocycles. The first-order valence-corrected chi connectivity index (χ1v) is 5.52. The fourth-order valence-corrected chi connectivity index (χ4v) is 1.66. The van der Waals surface area contributed by atoms with Crippen molar-refractivity contribution in [1.82, 2.24) is 9.55 Å². The average Bonchev–Trinajstić information content (AvgIpc) is 2.25. The average molecular weight is 249 g/mol. The maximum absolute atomic E-state index is 13.0. The Morgan fingerprint density at radius 1 is 1.69 bits per heavy atom. The smallest absolute Gasteiger partial charge is 0.349 e. The fourth-order valence-electron chi connectivity index (χ4n) is 0.979. The molecule has 0 aliphatic carbocycles. The summed E-state index contributed by atoms with van der Waals surface area (Å²) in [5, 5.41) is 17.6. The summed E-state index contributed by atoms with van der Waals surface area (Å²) in [5.74, 6) is -0.830. The third-order valence-electron chi connectivity index (χ3n) is 1.77. The lowest BCUT2D eigenvalue weighted by molar-refractivity contribution is 0.160. The van der Waals surface area contributed by atoms with Gasteiger partial charge in [0.25, 0.3) is 0 Å². The van der Waals surface area contributed by atoms with Crippen LogP contribution in [0.3, 0.4) is 0 Å². The summed E-state index contributed by atoms with van der Waals surface area (Å²) in [6, 6.07) is 0. The van der Waals surface area contributed by atoms with Crippen LogP contribution in [0.1, 0.15) is 0 Å². The van der Waals surface area contributed by atoms with E-state index in [9.17, 15) is 9.18 Å². The first-order valence-electron chi connectivity index (χ1n) is 4.47. The summed E-state index contributed by atoms with van der Waals surface area (Å²) in [4.78, 5) is 14.5. The third-order valence-corrected chi connectivity index (χ3v) is 2.73. The number of hydrogen-bond acceptors (Lipinski definition) is 6. The van der Waals surface area contributed by atoms with Crippen molar-refractivity contribution in [2.24, 2.45) is 0 Å². The van der Waals surface area contributed by atoms with Crippen molar-refractivity contribution >= 4 is 17.6 Å². The van der Waals surface area contributed by atoms with Gasteiger partial charge in [-0.1, -0.05) is 0 Å². The summed E-state index contributed by atoms with van der Waals surface area (Å²) < 4.78 is 14.0. The molecule has 0 amide bonds. The molecule has 1 rings (SSSR count). The molecule has 0 spiro atoms. The van der Waals surface area contributed by atoms with Crippen LogP contribution in [0.15, 0.2) is 11.0 Å². The van der Waals surface area contributed by atoms with Crippen molar-refractivity contribution in [2.75, 3.05) is 18.1 Å². The molecule has 0 radical (unpaired) electrons. The number of nitrogens with two attached hydrogens (primary N) is 1. The Labute approximate surface area is 94.9 Å². The summed E-state index contributed by atoms with van der Waals surface area (Å²) in [6.45, 7) is -0.182. The summed E-state index contributed by atoms with van der Waals surface area (Å²) in [7, 11) is 0. The van der Waals surface area contributed by atoms with Crippen molar-refractivity contribution in [3.63, 3.8) is 0 Å². The molecule has 6 nitrogen and oxygen atoms in total. The van der Waals surface area contributed by atoms with Crippen molar-refractivity contribution in [3.05, 3.63) is 22.5 Å². The van der Waals surface area contributed by atoms with Crippen LogP contribution in [0.4, 0.5) is 10.2 Å². The number of hydrogen-bond donors (Lipinski definition) is 3. The Morgan fingerprint density at radius 2 is 2.38 bits per heavy atom. The van der Waals surface area contributed by atoms with Crippen molar-refractivity contribution in [3.8, 4) is 0 Å². The zero-order valence-electron chi connectivity index (χ0n) is 8.34. The lowest BCUT2D eigenvalue weighted by Crippen LogP contribution is -2.26. The van der Waals surface area contributed by atoms with E-state index in [0.29, 0.717) is 5.75 Å². The van der Waals surface area contributed by atoms with Crippen molar-refractivity contribution < 1.29 is 14.6 Å². The summed E-state index contributed by atoms with van der Waals surface area (Å²) >= 11 is 1.05. The number of anilines is 1. The predicted molar refractivity (Wildman–Crippen MR) is 58.4 cm³/mol. The van der Waals surface area contributed by atoms with E-state index in [1.165, 1.54) is 0 Å². The minimum absolute atomic E-state index is 0.185. The molecule has 1 aromatic heterocycles. The second-order valence-electron chi connectivity index (χ2n) is 2.96. The third kappa shape index (κ3) is 3.47. The zero-order chi connectivity index (χ0) is 12.1. The highest BCUT2D eigenvalue weighted by molar-refractivity contribution is 7.99. The van der Waals surface area contributed by atoms with Crippen LogP contribution >= 0.6 is 11.8 Å². The Bertz CT molecular complexity index is 412. The minimum atomic E-state index is -0.901. The molecule has 16 heavy (non-hydrogen) atoms. The lowest BCUT2D eigenvalue weighted by atomic mass is 10.5. The zero-order valence-corrected chi connectivity index (χ0v) is 9.15. The van der Waals surface area contributed by atoms with Gasteiger partial charge in [-0.15, -0.1) is 11.8 Å². The van der Waals surface area contributed by atoms with Gasteiger partial charge in [-0.05, 0) is 0 Å². The quantitative estimate of drug-likeness (QED) is 0.579. The molecule has 0 bridgehead atoms. The molecule has 1 aromatic rings. The molecule has 0 fully saturated rings. The number of nitrogens with zero attached hydrogens (tertiary/aromatic N) is 2. The van der Waals surface area contributed by atoms with E-state index >= 15 is 0 Å². The van der Waals surface area contributed by atoms with Crippen molar-refractivity contribution in [1.29, 1.82) is 0 Å². The molecule has 0 saturated carbocycles. The van der Waals surface area contributed by atoms with E-state index in [2.05, 4.69) is 4.98 Å². The highest BCUT2D eigenvalue weighted by Crippen LogP contribution is 2.08. The van der Waals surface area contributed by atoms with Gasteiger partial charge in [-0.25, -0.2) is 9.18 Å². The van der Waals surface area contributed by atoms with Gasteiger partial charge < -0.3 is 15.9 Å². The SMILES string of the molecule is Nc1nc(=O)n(CCSC(O)CO)cc1F. The normalized spacial score (nSPS) is 12.7. The second kappa shape index (κ2) is 5.83. The molecule has 0 aromatic carbocycles. The topological polar surface area (TPSA) is 101 Å². The molecule has 1 unspecified atom stereocenters. The maximum atomic E-state index is 13.0. The van der Waals surface area contributed by atoms with Crippen LogP contribution in [0.2, 0.25) is 0 Å². The van der Waals surface area contributed by atoms with Crippen LogP contribution in [-0.4, -0.2) is 37.6 Å². The molecule has 0 aliphatic heterocycles. The van der Waals surface area contributed by atoms with E-state index < -0.39 is 22.8 Å². The number of nitrogen functional groups attached to an aromatic ring is 1. The Hall–Kier alpha value is -1.12. The van der Waals surface area contributed by atoms with E-state index in [1.54, 1.807) is 0 Å². The van der Waals surface area contributed by atoms with Crippen molar-refractivity contribution in [2.45, 2.75) is 12.0 Å². The Kier molecular flexibility index (Phi) is 4.71. The number of halogens is 1. The maximum Gasteiger partial charge on any atom is 0.349 e. The van der Waals surface area contributed by atoms with Gasteiger partial charge in [-0.3, -0.25) is 4.57 Å². The number of aryl methyl sites for hydroxylation is 1. The van der Waals surface area contributed by atoms with Gasteiger partial charge in [-0.2, -0.15) is 4.98 Å². The molecule has 1 heterocycles. The molecule has 4 N–H and O–H groups in total. The van der Waals surface area contributed by atoms with Gasteiger partial charge in [0.2, 0.25) is 0 Å². The van der Waals surface area contributed by atoms with Crippen LogP contribution in [-0.2, 0) is 6.54 Å². The highest BCUT2D eigenvalue weighted by atomic mass is 32.2. The Balaban J connectivity index is 2.61. The summed E-state index contributed by atoms with van der Waals surface area (Å²) in [6.07, 6.45) is 0.969. The predicted octanol–water partition coefficient (Wildman–Crippen LogP) is -0.992. The standard InChI is InChI=1S/C8H12FN3O3S/c9-5-3-12(8(15)11-7(5)10)1-2-16-6(14)4-13/h3,6,13-14H,1-2,4H2,(H2,10,11,15). The second-order valence-corrected chi connectivity index (χ2v) is 4.24. The van der Waals surface area contributed by atoms with E-state index in [4.69, 9.17) is 15.9 Å². The molecular weight excluding hydrogens is 237 g/mol. The number of aliphatic hydroxyl groups excluding tert-OH is 2. The fraction of sp³-hybridized carbons (Fsp3) is 0.500. The van der Waals surface area contributed by atoms with Gasteiger partial charge >= 0.3 is 5.69 Å². The monoisotopic (exact) mass is 249 g/mol. The number of rotatable bonds is 5. The van der Waals surface area contributed by atoms with Crippen LogP contribution in [0, 0.1) is 5.82 Å². The van der Waals surface area contributed by atoms with E-state index in [0.717, 1.165) is 22.5 Å². The number of aromatic nitrogens is 2. The van der Waals surface area contributed by atoms with Gasteiger partial charge in [0.1, 0.15) is 5.44 Å². The summed E-state index contributed by atoms with van der Waals surface area (Å²) in [5.41, 5.74) is 3.57. The minimum Gasteiger partial charge on any atom is -0.393 e. The first-order chi connectivity index (χ1) is 7.54. The van der Waals surface area contributed by atoms with Gasteiger partial charge in [0.15, 0.2) is 11.6 Å². The van der Waals surface area contributed by atoms with Crippen LogP contribution < -0.4 is 11.4 Å². The molecule has 8 heteroatoms. The van der Waals surface area contributed by atoms with Crippen LogP contribution in [0.5, 0.6) is 0 Å². The lowest BCUT2D eigenvalue weighted by Gasteiger charge is -2.08. The van der Waals surface area contributed by atoms with E-state index in [1.807, 2.05) is 0 Å². The van der Waals surface area contributed by atoms with E-state index in [-0.39, 0.29) is 13.2 Å². The molecular formula is C8H12FN3O3S.